The van der Waals surface area contributed by atoms with Crippen LogP contribution in [0.25, 0.3) is 0 Å². The van der Waals surface area contributed by atoms with Crippen LogP contribution >= 0.6 is 0 Å². The number of carbonyl (C=O) groups excluding carboxylic acids is 1. The summed E-state index contributed by atoms with van der Waals surface area (Å²) in [6.07, 6.45) is -0.137. The lowest BCUT2D eigenvalue weighted by Crippen LogP contribution is -2.34. The molecule has 1 heterocycles. The molecule has 3 rings (SSSR count). The van der Waals surface area contributed by atoms with Gasteiger partial charge >= 0.3 is 0 Å². The zero-order valence-corrected chi connectivity index (χ0v) is 11.4. The van der Waals surface area contributed by atoms with Gasteiger partial charge in [-0.15, -0.1) is 0 Å². The first-order valence-electron chi connectivity index (χ1n) is 6.46. The largest absolute Gasteiger partial charge is 0.545 e. The van der Waals surface area contributed by atoms with Crippen molar-refractivity contribution < 1.29 is 9.90 Å². The first kappa shape index (κ1) is 12.5. The van der Waals surface area contributed by atoms with Crippen LogP contribution in [-0.2, 0) is 0 Å². The molecule has 102 valence electrons. The van der Waals surface area contributed by atoms with Gasteiger partial charge in [-0.3, -0.25) is 0 Å². The van der Waals surface area contributed by atoms with E-state index in [4.69, 9.17) is 0 Å². The predicted molar refractivity (Wildman–Crippen MR) is 76.8 cm³/mol. The van der Waals surface area contributed by atoms with E-state index in [1.165, 1.54) is 0 Å². The second kappa shape index (κ2) is 4.56. The van der Waals surface area contributed by atoms with E-state index in [0.717, 1.165) is 16.9 Å². The van der Waals surface area contributed by atoms with Gasteiger partial charge in [0.25, 0.3) is 0 Å². The first-order chi connectivity index (χ1) is 9.61. The maximum Gasteiger partial charge on any atom is 0.128 e. The summed E-state index contributed by atoms with van der Waals surface area (Å²) in [4.78, 5) is 15.5. The van der Waals surface area contributed by atoms with Crippen LogP contribution in [0.4, 0.5) is 11.4 Å². The molecule has 0 amide bonds. The molecule has 0 saturated heterocycles. The molecule has 0 fully saturated rings. The number of nitrogens with zero attached hydrogens (tertiary/aromatic N) is 2. The lowest BCUT2D eigenvalue weighted by atomic mass is 10.0. The van der Waals surface area contributed by atoms with Crippen LogP contribution in [0.5, 0.6) is 0 Å². The summed E-state index contributed by atoms with van der Waals surface area (Å²) in [5, 5.41) is 11.3. The summed E-state index contributed by atoms with van der Waals surface area (Å²) in [7, 11) is 3.94. The van der Waals surface area contributed by atoms with Gasteiger partial charge in [0, 0.05) is 25.2 Å². The van der Waals surface area contributed by atoms with Crippen LogP contribution < -0.4 is 14.9 Å². The SMILES string of the molecule is CN1c2ccccc2N(C)C1c1ccccc1C(=O)[O-]. The van der Waals surface area contributed by atoms with Crippen LogP contribution in [0.15, 0.2) is 48.5 Å². The molecule has 4 heteroatoms. The molecule has 0 radical (unpaired) electrons. The molecule has 0 saturated carbocycles. The minimum atomic E-state index is -1.14. The second-order valence-corrected chi connectivity index (χ2v) is 4.96. The highest BCUT2D eigenvalue weighted by Crippen LogP contribution is 2.44. The van der Waals surface area contributed by atoms with E-state index in [0.29, 0.717) is 0 Å². The fourth-order valence-electron chi connectivity index (χ4n) is 2.91. The molecule has 0 bridgehead atoms. The minimum Gasteiger partial charge on any atom is -0.545 e. The molecule has 0 atom stereocenters. The van der Waals surface area contributed by atoms with Gasteiger partial charge in [0.1, 0.15) is 6.17 Å². The molecule has 20 heavy (non-hydrogen) atoms. The summed E-state index contributed by atoms with van der Waals surface area (Å²) < 4.78 is 0. The fraction of sp³-hybridized carbons (Fsp3) is 0.188. The summed E-state index contributed by atoms with van der Waals surface area (Å²) in [6.45, 7) is 0. The standard InChI is InChI=1S/C16H16N2O2/c1-17-13-9-5-6-10-14(13)18(2)15(17)11-7-3-4-8-12(11)16(19)20/h3-10,15H,1-2H3,(H,19,20)/p-1. The van der Waals surface area contributed by atoms with E-state index in [-0.39, 0.29) is 11.7 Å². The number of carbonyl (C=O) groups is 1. The zero-order chi connectivity index (χ0) is 14.3. The molecule has 1 aliphatic heterocycles. The van der Waals surface area contributed by atoms with Crippen molar-refractivity contribution in [1.82, 2.24) is 0 Å². The molecule has 4 nitrogen and oxygen atoms in total. The Morgan fingerprint density at radius 2 is 1.45 bits per heavy atom. The number of aromatic carboxylic acids is 1. The van der Waals surface area contributed by atoms with Gasteiger partial charge in [0.2, 0.25) is 0 Å². The average Bonchev–Trinajstić information content (AvgIpc) is 2.71. The van der Waals surface area contributed by atoms with Crippen LogP contribution in [0.2, 0.25) is 0 Å². The van der Waals surface area contributed by atoms with E-state index in [1.54, 1.807) is 12.1 Å². The third-order valence-electron chi connectivity index (χ3n) is 3.83. The zero-order valence-electron chi connectivity index (χ0n) is 11.4. The lowest BCUT2D eigenvalue weighted by molar-refractivity contribution is -0.255. The smallest absolute Gasteiger partial charge is 0.128 e. The molecule has 0 spiro atoms. The van der Waals surface area contributed by atoms with Gasteiger partial charge < -0.3 is 19.7 Å². The van der Waals surface area contributed by atoms with Crippen LogP contribution in [0, 0.1) is 0 Å². The van der Waals surface area contributed by atoms with Crippen molar-refractivity contribution in [1.29, 1.82) is 0 Å². The molecule has 2 aromatic rings. The quantitative estimate of drug-likeness (QED) is 0.830. The third kappa shape index (κ3) is 1.72. The van der Waals surface area contributed by atoms with E-state index >= 15 is 0 Å². The molecule has 0 N–H and O–H groups in total. The van der Waals surface area contributed by atoms with Crippen LogP contribution in [0.1, 0.15) is 22.1 Å². The fourth-order valence-corrected chi connectivity index (χ4v) is 2.91. The first-order valence-corrected chi connectivity index (χ1v) is 6.46. The molecular formula is C16H15N2O2-. The second-order valence-electron chi connectivity index (χ2n) is 4.96. The number of carboxylic acids is 1. The van der Waals surface area contributed by atoms with Gasteiger partial charge in [0.05, 0.1) is 17.3 Å². The van der Waals surface area contributed by atoms with E-state index in [2.05, 4.69) is 9.80 Å². The number of fused-ring (bicyclic) bond motifs is 1. The monoisotopic (exact) mass is 267 g/mol. The summed E-state index contributed by atoms with van der Waals surface area (Å²) in [6, 6.07) is 15.0. The third-order valence-corrected chi connectivity index (χ3v) is 3.83. The summed E-state index contributed by atoms with van der Waals surface area (Å²) in [5.74, 6) is -1.14. The molecule has 0 aromatic heterocycles. The van der Waals surface area contributed by atoms with Gasteiger partial charge in [0.15, 0.2) is 0 Å². The van der Waals surface area contributed by atoms with Crippen molar-refractivity contribution in [3.05, 3.63) is 59.7 Å². The van der Waals surface area contributed by atoms with Gasteiger partial charge in [-0.2, -0.15) is 0 Å². The van der Waals surface area contributed by atoms with E-state index < -0.39 is 5.97 Å². The topological polar surface area (TPSA) is 46.6 Å². The van der Waals surface area contributed by atoms with Crippen molar-refractivity contribution in [3.63, 3.8) is 0 Å². The Bertz CT molecular complexity index is 640. The van der Waals surface area contributed by atoms with Gasteiger partial charge in [-0.1, -0.05) is 36.4 Å². The highest BCUT2D eigenvalue weighted by Gasteiger charge is 2.33. The van der Waals surface area contributed by atoms with E-state index in [9.17, 15) is 9.90 Å². The number of rotatable bonds is 2. The Hall–Kier alpha value is -2.49. The minimum absolute atomic E-state index is 0.137. The van der Waals surface area contributed by atoms with Crippen molar-refractivity contribution >= 4 is 17.3 Å². The van der Waals surface area contributed by atoms with E-state index in [1.807, 2.05) is 50.5 Å². The lowest BCUT2D eigenvalue weighted by Gasteiger charge is -2.30. The number of carboxylic acid groups (broad SMARTS) is 1. The summed E-state index contributed by atoms with van der Waals surface area (Å²) in [5.41, 5.74) is 3.17. The van der Waals surface area contributed by atoms with Crippen molar-refractivity contribution in [2.24, 2.45) is 0 Å². The number of hydrogen-bond acceptors (Lipinski definition) is 4. The Morgan fingerprint density at radius 1 is 0.950 bits per heavy atom. The maximum atomic E-state index is 11.3. The highest BCUT2D eigenvalue weighted by atomic mass is 16.4. The maximum absolute atomic E-state index is 11.3. The normalized spacial score (nSPS) is 14.5. The highest BCUT2D eigenvalue weighted by molar-refractivity contribution is 5.89. The van der Waals surface area contributed by atoms with Crippen molar-refractivity contribution in [2.75, 3.05) is 23.9 Å². The molecule has 2 aromatic carbocycles. The predicted octanol–water partition coefficient (Wildman–Crippen LogP) is 1.63. The average molecular weight is 267 g/mol. The van der Waals surface area contributed by atoms with Gasteiger partial charge in [-0.05, 0) is 12.1 Å². The van der Waals surface area contributed by atoms with Crippen molar-refractivity contribution in [2.45, 2.75) is 6.17 Å². The Balaban J connectivity index is 2.12. The van der Waals surface area contributed by atoms with Crippen LogP contribution in [-0.4, -0.2) is 20.1 Å². The summed E-state index contributed by atoms with van der Waals surface area (Å²) >= 11 is 0. The van der Waals surface area contributed by atoms with Crippen molar-refractivity contribution in [3.8, 4) is 0 Å². The number of hydrogen-bond donors (Lipinski definition) is 0. The number of para-hydroxylation sites is 2. The van der Waals surface area contributed by atoms with Crippen LogP contribution in [0.3, 0.4) is 0 Å². The Labute approximate surface area is 117 Å². The Kier molecular flexibility index (Phi) is 2.86. The molecule has 1 aliphatic rings. The van der Waals surface area contributed by atoms with Gasteiger partial charge in [-0.25, -0.2) is 0 Å². The molecular weight excluding hydrogens is 252 g/mol. The Morgan fingerprint density at radius 3 is 2.00 bits per heavy atom. The number of benzene rings is 2. The molecule has 0 unspecified atom stereocenters. The molecule has 0 aliphatic carbocycles. The number of anilines is 2.